The van der Waals surface area contributed by atoms with Crippen molar-refractivity contribution in [3.05, 3.63) is 30.3 Å². The summed E-state index contributed by atoms with van der Waals surface area (Å²) in [5.74, 6) is 0.887. The van der Waals surface area contributed by atoms with Gasteiger partial charge in [0.1, 0.15) is 0 Å². The number of aliphatic imine (C=N–C) groups is 1. The molecule has 27 heavy (non-hydrogen) atoms. The van der Waals surface area contributed by atoms with E-state index in [9.17, 15) is 4.79 Å². The Hall–Kier alpha value is -1.51. The third kappa shape index (κ3) is 6.55. The third-order valence-electron chi connectivity index (χ3n) is 5.33. The molecule has 1 amide bonds. The minimum atomic E-state index is 0. The molecule has 0 radical (unpaired) electrons. The quantitative estimate of drug-likeness (QED) is 0.391. The normalized spacial score (nSPS) is 18.6. The number of halogens is 1. The van der Waals surface area contributed by atoms with Gasteiger partial charge in [-0.15, -0.1) is 24.0 Å². The van der Waals surface area contributed by atoms with Gasteiger partial charge >= 0.3 is 0 Å². The molecule has 1 aromatic rings. The maximum atomic E-state index is 12.5. The monoisotopic (exact) mass is 485 g/mol. The van der Waals surface area contributed by atoms with Crippen LogP contribution in [0.4, 0.5) is 5.69 Å². The molecule has 1 aliphatic carbocycles. The second-order valence-electron chi connectivity index (χ2n) is 7.11. The van der Waals surface area contributed by atoms with Gasteiger partial charge in [-0.3, -0.25) is 9.79 Å². The molecule has 0 aromatic heterocycles. The van der Waals surface area contributed by atoms with Crippen molar-refractivity contribution in [3.63, 3.8) is 0 Å². The maximum absolute atomic E-state index is 12.5. The number of carbonyl (C=O) groups is 1. The highest BCUT2D eigenvalue weighted by Crippen LogP contribution is 2.17. The average molecular weight is 485 g/mol. The van der Waals surface area contributed by atoms with E-state index in [1.807, 2.05) is 11.0 Å². The van der Waals surface area contributed by atoms with Crippen LogP contribution in [0.1, 0.15) is 32.1 Å². The van der Waals surface area contributed by atoms with Crippen molar-refractivity contribution >= 4 is 41.5 Å². The van der Waals surface area contributed by atoms with Gasteiger partial charge in [-0.25, -0.2) is 0 Å². The van der Waals surface area contributed by atoms with E-state index in [2.05, 4.69) is 44.8 Å². The van der Waals surface area contributed by atoms with Crippen molar-refractivity contribution in [2.24, 2.45) is 4.99 Å². The van der Waals surface area contributed by atoms with Crippen molar-refractivity contribution in [3.8, 4) is 0 Å². The Labute approximate surface area is 179 Å². The summed E-state index contributed by atoms with van der Waals surface area (Å²) in [5, 5.41) is 6.64. The Morgan fingerprint density at radius 1 is 1.07 bits per heavy atom. The predicted octanol–water partition coefficient (Wildman–Crippen LogP) is 2.45. The van der Waals surface area contributed by atoms with E-state index >= 15 is 0 Å². The van der Waals surface area contributed by atoms with Crippen LogP contribution in [0.3, 0.4) is 0 Å². The number of anilines is 1. The summed E-state index contributed by atoms with van der Waals surface area (Å²) in [6.07, 6.45) is 6.27. The second kappa shape index (κ2) is 11.4. The molecule has 2 fully saturated rings. The van der Waals surface area contributed by atoms with Gasteiger partial charge < -0.3 is 20.4 Å². The summed E-state index contributed by atoms with van der Waals surface area (Å²) >= 11 is 0. The van der Waals surface area contributed by atoms with E-state index in [1.54, 1.807) is 7.05 Å². The van der Waals surface area contributed by atoms with Crippen molar-refractivity contribution < 1.29 is 4.79 Å². The van der Waals surface area contributed by atoms with E-state index in [-0.39, 0.29) is 29.9 Å². The molecule has 150 valence electrons. The van der Waals surface area contributed by atoms with Gasteiger partial charge in [0, 0.05) is 45.0 Å². The first-order valence-electron chi connectivity index (χ1n) is 9.81. The van der Waals surface area contributed by atoms with E-state index in [4.69, 9.17) is 0 Å². The van der Waals surface area contributed by atoms with Gasteiger partial charge in [-0.2, -0.15) is 0 Å². The number of nitrogens with zero attached hydrogens (tertiary/aromatic N) is 3. The molecule has 0 unspecified atom stereocenters. The molecule has 1 aliphatic heterocycles. The number of hydrogen-bond donors (Lipinski definition) is 2. The molecular formula is C20H32IN5O. The number of piperazine rings is 1. The van der Waals surface area contributed by atoms with Crippen LogP contribution in [0.2, 0.25) is 0 Å². The van der Waals surface area contributed by atoms with Crippen LogP contribution in [0.5, 0.6) is 0 Å². The molecule has 2 aliphatic rings. The molecule has 3 rings (SSSR count). The fourth-order valence-electron chi connectivity index (χ4n) is 3.76. The lowest BCUT2D eigenvalue weighted by Gasteiger charge is -2.36. The number of hydrogen-bond acceptors (Lipinski definition) is 3. The molecule has 0 bridgehead atoms. The molecular weight excluding hydrogens is 453 g/mol. The van der Waals surface area contributed by atoms with Crippen molar-refractivity contribution in [1.82, 2.24) is 15.5 Å². The Morgan fingerprint density at radius 2 is 1.74 bits per heavy atom. The topological polar surface area (TPSA) is 60.0 Å². The predicted molar refractivity (Wildman–Crippen MR) is 122 cm³/mol. The van der Waals surface area contributed by atoms with Crippen LogP contribution in [0.15, 0.2) is 35.3 Å². The number of rotatable bonds is 4. The summed E-state index contributed by atoms with van der Waals surface area (Å²) in [4.78, 5) is 21.1. The molecule has 0 spiro atoms. The van der Waals surface area contributed by atoms with Gasteiger partial charge in [0.05, 0.1) is 6.54 Å². The van der Waals surface area contributed by atoms with E-state index in [1.165, 1.54) is 37.8 Å². The van der Waals surface area contributed by atoms with E-state index < -0.39 is 0 Å². The second-order valence-corrected chi connectivity index (χ2v) is 7.11. The largest absolute Gasteiger partial charge is 0.368 e. The Bertz CT molecular complexity index is 596. The molecule has 1 aromatic carbocycles. The van der Waals surface area contributed by atoms with Crippen LogP contribution in [0.25, 0.3) is 0 Å². The lowest BCUT2D eigenvalue weighted by Crippen LogP contribution is -2.53. The van der Waals surface area contributed by atoms with Crippen LogP contribution >= 0.6 is 24.0 Å². The third-order valence-corrected chi connectivity index (χ3v) is 5.33. The highest BCUT2D eigenvalue weighted by atomic mass is 127. The Morgan fingerprint density at radius 3 is 2.37 bits per heavy atom. The highest BCUT2D eigenvalue weighted by molar-refractivity contribution is 14.0. The molecule has 1 heterocycles. The standard InChI is InChI=1S/C20H31N5O.HI/c1-21-20(23-17-8-4-2-5-9-17)22-16-19(26)25-14-12-24(13-15-25)18-10-6-3-7-11-18;/h3,6-7,10-11,17H,2,4-5,8-9,12-16H2,1H3,(H2,21,22,23);1H. The fraction of sp³-hybridized carbons (Fsp3) is 0.600. The summed E-state index contributed by atoms with van der Waals surface area (Å²) < 4.78 is 0. The Kier molecular flexibility index (Phi) is 9.17. The first-order valence-corrected chi connectivity index (χ1v) is 9.81. The number of amides is 1. The zero-order valence-corrected chi connectivity index (χ0v) is 18.5. The first-order chi connectivity index (χ1) is 12.8. The smallest absolute Gasteiger partial charge is 0.242 e. The number of carbonyl (C=O) groups excluding carboxylic acids is 1. The molecule has 6 nitrogen and oxygen atoms in total. The minimum Gasteiger partial charge on any atom is -0.368 e. The minimum absolute atomic E-state index is 0. The van der Waals surface area contributed by atoms with Gasteiger partial charge in [0.25, 0.3) is 0 Å². The van der Waals surface area contributed by atoms with Crippen molar-refractivity contribution in [2.75, 3.05) is 44.7 Å². The molecule has 0 atom stereocenters. The van der Waals surface area contributed by atoms with E-state index in [0.717, 1.165) is 32.1 Å². The fourth-order valence-corrected chi connectivity index (χ4v) is 3.76. The van der Waals surface area contributed by atoms with Crippen LogP contribution in [-0.4, -0.2) is 62.6 Å². The zero-order valence-electron chi connectivity index (χ0n) is 16.2. The number of guanidine groups is 1. The average Bonchev–Trinajstić information content (AvgIpc) is 2.72. The van der Waals surface area contributed by atoms with Gasteiger partial charge in [0.2, 0.25) is 5.91 Å². The summed E-state index contributed by atoms with van der Waals surface area (Å²) in [7, 11) is 1.77. The number of nitrogens with one attached hydrogen (secondary N) is 2. The summed E-state index contributed by atoms with van der Waals surface area (Å²) in [6, 6.07) is 10.9. The van der Waals surface area contributed by atoms with Crippen molar-refractivity contribution in [2.45, 2.75) is 38.1 Å². The van der Waals surface area contributed by atoms with Crippen molar-refractivity contribution in [1.29, 1.82) is 0 Å². The van der Waals surface area contributed by atoms with Crippen LogP contribution in [-0.2, 0) is 4.79 Å². The summed E-state index contributed by atoms with van der Waals surface area (Å²) in [6.45, 7) is 3.60. The van der Waals surface area contributed by atoms with Gasteiger partial charge in [-0.1, -0.05) is 37.5 Å². The summed E-state index contributed by atoms with van der Waals surface area (Å²) in [5.41, 5.74) is 1.23. The van der Waals surface area contributed by atoms with Gasteiger partial charge in [0.15, 0.2) is 5.96 Å². The number of para-hydroxylation sites is 1. The first kappa shape index (κ1) is 21.8. The highest BCUT2D eigenvalue weighted by Gasteiger charge is 2.21. The molecule has 1 saturated carbocycles. The van der Waals surface area contributed by atoms with Gasteiger partial charge in [-0.05, 0) is 25.0 Å². The SMILES string of the molecule is CN=C(NCC(=O)N1CCN(c2ccccc2)CC1)NC1CCCCC1.I. The lowest BCUT2D eigenvalue weighted by atomic mass is 9.96. The van der Waals surface area contributed by atoms with Crippen LogP contribution < -0.4 is 15.5 Å². The zero-order chi connectivity index (χ0) is 18.2. The van der Waals surface area contributed by atoms with Crippen LogP contribution in [0, 0.1) is 0 Å². The maximum Gasteiger partial charge on any atom is 0.242 e. The van der Waals surface area contributed by atoms with E-state index in [0.29, 0.717) is 12.6 Å². The Balaban J connectivity index is 0.00000261. The number of benzene rings is 1. The molecule has 7 heteroatoms. The molecule has 1 saturated heterocycles. The lowest BCUT2D eigenvalue weighted by molar-refractivity contribution is -0.130. The molecule has 2 N–H and O–H groups in total.